The molecule has 18 heavy (non-hydrogen) atoms. The number of aliphatic hydroxyl groups excluding tert-OH is 1. The number of aromatic nitrogens is 1. The highest BCUT2D eigenvalue weighted by Crippen LogP contribution is 2.29. The molecule has 3 nitrogen and oxygen atoms in total. The van der Waals surface area contributed by atoms with Crippen molar-refractivity contribution in [1.82, 2.24) is 4.98 Å². The Kier molecular flexibility index (Phi) is 4.33. The second-order valence-electron chi connectivity index (χ2n) is 3.94. The topological polar surface area (TPSA) is 42.4 Å². The molecular weight excluding hydrogens is 294 g/mol. The van der Waals surface area contributed by atoms with Gasteiger partial charge in [0.1, 0.15) is 12.4 Å². The smallest absolute Gasteiger partial charge is 0.139 e. The van der Waals surface area contributed by atoms with Crippen molar-refractivity contribution in [2.24, 2.45) is 0 Å². The van der Waals surface area contributed by atoms with Crippen molar-refractivity contribution < 1.29 is 9.84 Å². The van der Waals surface area contributed by atoms with E-state index in [1.54, 1.807) is 6.20 Å². The van der Waals surface area contributed by atoms with Crippen LogP contribution in [0.15, 0.2) is 41.0 Å². The van der Waals surface area contributed by atoms with E-state index in [9.17, 15) is 5.11 Å². The van der Waals surface area contributed by atoms with Gasteiger partial charge < -0.3 is 9.84 Å². The van der Waals surface area contributed by atoms with Gasteiger partial charge in [-0.25, -0.2) is 0 Å². The van der Waals surface area contributed by atoms with Crippen LogP contribution in [0.1, 0.15) is 16.8 Å². The maximum absolute atomic E-state index is 9.28. The summed E-state index contributed by atoms with van der Waals surface area (Å²) >= 11 is 3.42. The molecule has 1 heterocycles. The van der Waals surface area contributed by atoms with Gasteiger partial charge in [-0.2, -0.15) is 0 Å². The van der Waals surface area contributed by atoms with Crippen molar-refractivity contribution in [3.8, 4) is 5.75 Å². The van der Waals surface area contributed by atoms with Gasteiger partial charge in [0.25, 0.3) is 0 Å². The second kappa shape index (κ2) is 5.98. The van der Waals surface area contributed by atoms with Crippen LogP contribution in [0.3, 0.4) is 0 Å². The number of benzene rings is 1. The van der Waals surface area contributed by atoms with Crippen molar-refractivity contribution in [3.63, 3.8) is 0 Å². The number of ether oxygens (including phenoxy) is 1. The zero-order chi connectivity index (χ0) is 13.0. The fourth-order valence-corrected chi connectivity index (χ4v) is 2.17. The quantitative estimate of drug-likeness (QED) is 0.943. The van der Waals surface area contributed by atoms with Crippen molar-refractivity contribution in [2.45, 2.75) is 20.1 Å². The Bertz CT molecular complexity index is 543. The molecule has 0 spiro atoms. The van der Waals surface area contributed by atoms with Crippen molar-refractivity contribution >= 4 is 15.9 Å². The lowest BCUT2D eigenvalue weighted by Crippen LogP contribution is -2.03. The largest absolute Gasteiger partial charge is 0.486 e. The number of para-hydroxylation sites is 1. The maximum atomic E-state index is 9.28. The summed E-state index contributed by atoms with van der Waals surface area (Å²) in [5.41, 5.74) is 2.75. The summed E-state index contributed by atoms with van der Waals surface area (Å²) in [7, 11) is 0. The Morgan fingerprint density at radius 3 is 2.83 bits per heavy atom. The van der Waals surface area contributed by atoms with Gasteiger partial charge >= 0.3 is 0 Å². The number of pyridine rings is 1. The van der Waals surface area contributed by atoms with Gasteiger partial charge in [0.05, 0.1) is 16.8 Å². The molecular formula is C14H14BrNO2. The predicted octanol–water partition coefficient (Wildman–Crippen LogP) is 3.22. The Morgan fingerprint density at radius 1 is 1.28 bits per heavy atom. The van der Waals surface area contributed by atoms with Gasteiger partial charge in [-0.1, -0.05) is 18.2 Å². The average Bonchev–Trinajstić information content (AvgIpc) is 2.39. The third-order valence-electron chi connectivity index (χ3n) is 2.69. The number of hydrogen-bond acceptors (Lipinski definition) is 3. The summed E-state index contributed by atoms with van der Waals surface area (Å²) in [4.78, 5) is 4.28. The molecule has 1 aromatic heterocycles. The van der Waals surface area contributed by atoms with E-state index in [2.05, 4.69) is 20.9 Å². The van der Waals surface area contributed by atoms with Crippen LogP contribution >= 0.6 is 15.9 Å². The van der Waals surface area contributed by atoms with Crippen LogP contribution in [0.4, 0.5) is 0 Å². The fraction of sp³-hybridized carbons (Fsp3) is 0.214. The SMILES string of the molecule is Cc1cccnc1COc1c(Br)cccc1CO. The van der Waals surface area contributed by atoms with Crippen LogP contribution in [0.25, 0.3) is 0 Å². The van der Waals surface area contributed by atoms with E-state index in [0.717, 1.165) is 21.3 Å². The van der Waals surface area contributed by atoms with Gasteiger partial charge in [0.2, 0.25) is 0 Å². The first-order valence-corrected chi connectivity index (χ1v) is 6.43. The molecule has 4 heteroatoms. The van der Waals surface area contributed by atoms with Crippen LogP contribution in [0.2, 0.25) is 0 Å². The van der Waals surface area contributed by atoms with Crippen LogP contribution in [-0.2, 0) is 13.2 Å². The molecule has 1 aromatic carbocycles. The fourth-order valence-electron chi connectivity index (χ4n) is 1.65. The third kappa shape index (κ3) is 2.89. The molecule has 0 bridgehead atoms. The molecule has 0 amide bonds. The zero-order valence-corrected chi connectivity index (χ0v) is 11.6. The van der Waals surface area contributed by atoms with Crippen molar-refractivity contribution in [3.05, 3.63) is 57.8 Å². The van der Waals surface area contributed by atoms with Gasteiger partial charge in [0, 0.05) is 11.8 Å². The van der Waals surface area contributed by atoms with Crippen LogP contribution in [-0.4, -0.2) is 10.1 Å². The summed E-state index contributed by atoms with van der Waals surface area (Å²) in [6.07, 6.45) is 1.75. The van der Waals surface area contributed by atoms with Gasteiger partial charge in [-0.3, -0.25) is 4.98 Å². The van der Waals surface area contributed by atoms with E-state index in [1.807, 2.05) is 37.3 Å². The molecule has 94 valence electrons. The minimum Gasteiger partial charge on any atom is -0.486 e. The van der Waals surface area contributed by atoms with E-state index < -0.39 is 0 Å². The highest BCUT2D eigenvalue weighted by atomic mass is 79.9. The van der Waals surface area contributed by atoms with E-state index in [-0.39, 0.29) is 6.61 Å². The number of hydrogen-bond donors (Lipinski definition) is 1. The zero-order valence-electron chi connectivity index (χ0n) is 10.1. The highest BCUT2D eigenvalue weighted by Gasteiger charge is 2.08. The predicted molar refractivity (Wildman–Crippen MR) is 73.4 cm³/mol. The van der Waals surface area contributed by atoms with Crippen molar-refractivity contribution in [1.29, 1.82) is 0 Å². The lowest BCUT2D eigenvalue weighted by molar-refractivity contribution is 0.256. The first kappa shape index (κ1) is 13.1. The van der Waals surface area contributed by atoms with Gasteiger partial charge in [-0.15, -0.1) is 0 Å². The molecule has 0 atom stereocenters. The number of rotatable bonds is 4. The maximum Gasteiger partial charge on any atom is 0.139 e. The lowest BCUT2D eigenvalue weighted by Gasteiger charge is -2.12. The number of aliphatic hydroxyl groups is 1. The molecule has 0 aliphatic rings. The summed E-state index contributed by atoms with van der Waals surface area (Å²) < 4.78 is 6.59. The van der Waals surface area contributed by atoms with E-state index >= 15 is 0 Å². The standard InChI is InChI=1S/C14H14BrNO2/c1-10-4-3-7-16-13(10)9-18-14-11(8-17)5-2-6-12(14)15/h2-7,17H,8-9H2,1H3. The summed E-state index contributed by atoms with van der Waals surface area (Å²) in [6.45, 7) is 2.34. The minimum absolute atomic E-state index is 0.0457. The van der Waals surface area contributed by atoms with Gasteiger partial charge in [0.15, 0.2) is 0 Å². The summed E-state index contributed by atoms with van der Waals surface area (Å²) in [5, 5.41) is 9.28. The van der Waals surface area contributed by atoms with E-state index in [1.165, 1.54) is 0 Å². The Balaban J connectivity index is 2.18. The normalized spacial score (nSPS) is 10.4. The van der Waals surface area contributed by atoms with Crippen LogP contribution in [0.5, 0.6) is 5.75 Å². The van der Waals surface area contributed by atoms with Crippen molar-refractivity contribution in [2.75, 3.05) is 0 Å². The molecule has 1 N–H and O–H groups in total. The lowest BCUT2D eigenvalue weighted by atomic mass is 10.2. The third-order valence-corrected chi connectivity index (χ3v) is 3.31. The molecule has 2 aromatic rings. The molecule has 0 aliphatic heterocycles. The molecule has 0 saturated heterocycles. The first-order chi connectivity index (χ1) is 8.72. The summed E-state index contributed by atoms with van der Waals surface area (Å²) in [6, 6.07) is 9.49. The minimum atomic E-state index is -0.0457. The Labute approximate surface area is 115 Å². The molecule has 0 saturated carbocycles. The molecule has 0 radical (unpaired) electrons. The van der Waals surface area contributed by atoms with E-state index in [0.29, 0.717) is 12.4 Å². The highest BCUT2D eigenvalue weighted by molar-refractivity contribution is 9.10. The number of nitrogens with zero attached hydrogens (tertiary/aromatic N) is 1. The molecule has 0 aliphatic carbocycles. The number of aryl methyl sites for hydroxylation is 1. The molecule has 0 fully saturated rings. The molecule has 2 rings (SSSR count). The second-order valence-corrected chi connectivity index (χ2v) is 4.80. The Hall–Kier alpha value is -1.39. The van der Waals surface area contributed by atoms with Crippen LogP contribution < -0.4 is 4.74 Å². The number of halogens is 1. The van der Waals surface area contributed by atoms with Crippen LogP contribution in [0, 0.1) is 6.92 Å². The monoisotopic (exact) mass is 307 g/mol. The first-order valence-electron chi connectivity index (χ1n) is 5.64. The van der Waals surface area contributed by atoms with Gasteiger partial charge in [-0.05, 0) is 40.5 Å². The van der Waals surface area contributed by atoms with E-state index in [4.69, 9.17) is 4.74 Å². The Morgan fingerprint density at radius 2 is 2.11 bits per heavy atom. The molecule has 0 unspecified atom stereocenters. The average molecular weight is 308 g/mol. The summed E-state index contributed by atoms with van der Waals surface area (Å²) in [5.74, 6) is 0.671.